The van der Waals surface area contributed by atoms with E-state index in [1.165, 1.54) is 19.3 Å². The molecule has 1 fully saturated rings. The molecule has 0 aliphatic heterocycles. The molecule has 1 nitrogen and oxygen atoms in total. The van der Waals surface area contributed by atoms with Crippen LogP contribution in [0.4, 0.5) is 0 Å². The van der Waals surface area contributed by atoms with Gasteiger partial charge in [-0.3, -0.25) is 0 Å². The number of benzene rings is 1. The molecule has 0 saturated heterocycles. The molecule has 1 aliphatic carbocycles. The summed E-state index contributed by atoms with van der Waals surface area (Å²) in [5.74, 6) is 8.21. The summed E-state index contributed by atoms with van der Waals surface area (Å²) in [5, 5.41) is 10.5. The Morgan fingerprint density at radius 3 is 2.55 bits per heavy atom. The molecule has 1 aliphatic rings. The summed E-state index contributed by atoms with van der Waals surface area (Å²) in [4.78, 5) is 0. The lowest BCUT2D eigenvalue weighted by molar-refractivity contribution is 0.0880. The SMILES string of the molecule is C[C@H]1CCC[C@@H]1CC#CC(C)(C)C(O)c1ccccc1. The fourth-order valence-corrected chi connectivity index (χ4v) is 3.06. The Balaban J connectivity index is 2.00. The van der Waals surface area contributed by atoms with Crippen LogP contribution in [0.3, 0.4) is 0 Å². The molecule has 108 valence electrons. The van der Waals surface area contributed by atoms with Crippen molar-refractivity contribution in [1.82, 2.24) is 0 Å². The summed E-state index contributed by atoms with van der Waals surface area (Å²) < 4.78 is 0. The van der Waals surface area contributed by atoms with Crippen molar-refractivity contribution in [2.24, 2.45) is 17.3 Å². The number of rotatable bonds is 3. The zero-order valence-corrected chi connectivity index (χ0v) is 12.9. The fraction of sp³-hybridized carbons (Fsp3) is 0.579. The Kier molecular flexibility index (Phi) is 4.89. The zero-order valence-electron chi connectivity index (χ0n) is 12.9. The Hall–Kier alpha value is -1.26. The van der Waals surface area contributed by atoms with Gasteiger partial charge in [-0.2, -0.15) is 0 Å². The molecule has 1 saturated carbocycles. The van der Waals surface area contributed by atoms with Gasteiger partial charge in [-0.05, 0) is 37.7 Å². The molecule has 20 heavy (non-hydrogen) atoms. The van der Waals surface area contributed by atoms with Gasteiger partial charge in [0.2, 0.25) is 0 Å². The van der Waals surface area contributed by atoms with Gasteiger partial charge in [0.15, 0.2) is 0 Å². The zero-order chi connectivity index (χ0) is 14.6. The van der Waals surface area contributed by atoms with Crippen molar-refractivity contribution in [1.29, 1.82) is 0 Å². The summed E-state index contributed by atoms with van der Waals surface area (Å²) in [5.41, 5.74) is 0.546. The summed E-state index contributed by atoms with van der Waals surface area (Å²) in [6, 6.07) is 9.82. The van der Waals surface area contributed by atoms with Crippen LogP contribution in [-0.2, 0) is 0 Å². The van der Waals surface area contributed by atoms with Gasteiger partial charge >= 0.3 is 0 Å². The first kappa shape index (κ1) is 15.1. The van der Waals surface area contributed by atoms with Gasteiger partial charge < -0.3 is 5.11 Å². The maximum absolute atomic E-state index is 10.5. The minimum atomic E-state index is -0.530. The van der Waals surface area contributed by atoms with Gasteiger partial charge in [0.1, 0.15) is 0 Å². The molecular formula is C19H26O. The molecule has 1 N–H and O–H groups in total. The minimum absolute atomic E-state index is 0.400. The van der Waals surface area contributed by atoms with Crippen LogP contribution in [0.15, 0.2) is 30.3 Å². The number of aliphatic hydroxyl groups excluding tert-OH is 1. The first-order valence-corrected chi connectivity index (χ1v) is 7.74. The predicted molar refractivity (Wildman–Crippen MR) is 84.1 cm³/mol. The lowest BCUT2D eigenvalue weighted by atomic mass is 9.83. The Morgan fingerprint density at radius 1 is 1.25 bits per heavy atom. The van der Waals surface area contributed by atoms with Crippen molar-refractivity contribution in [2.75, 3.05) is 0 Å². The van der Waals surface area contributed by atoms with E-state index in [1.54, 1.807) is 0 Å². The molecule has 2 rings (SSSR count). The molecule has 1 aromatic rings. The molecule has 1 aromatic carbocycles. The van der Waals surface area contributed by atoms with E-state index < -0.39 is 11.5 Å². The van der Waals surface area contributed by atoms with E-state index in [2.05, 4.69) is 18.8 Å². The van der Waals surface area contributed by atoms with Crippen LogP contribution in [0.5, 0.6) is 0 Å². The van der Waals surface area contributed by atoms with E-state index in [0.717, 1.165) is 23.8 Å². The summed E-state index contributed by atoms with van der Waals surface area (Å²) >= 11 is 0. The molecular weight excluding hydrogens is 244 g/mol. The first-order chi connectivity index (χ1) is 9.50. The second-order valence-corrected chi connectivity index (χ2v) is 6.71. The molecule has 0 spiro atoms. The standard InChI is InChI=1S/C19H26O/c1-15-9-7-12-16(15)13-8-14-19(2,3)18(20)17-10-5-4-6-11-17/h4-6,10-11,15-16,18,20H,7,9,12-13H2,1-3H3/t15-,16+,18?/m0/s1. The quantitative estimate of drug-likeness (QED) is 0.797. The van der Waals surface area contributed by atoms with Gasteiger partial charge in [0.05, 0.1) is 11.5 Å². The number of aliphatic hydroxyl groups is 1. The van der Waals surface area contributed by atoms with Crippen molar-refractivity contribution in [3.8, 4) is 11.8 Å². The maximum Gasteiger partial charge on any atom is 0.0950 e. The van der Waals surface area contributed by atoms with E-state index >= 15 is 0 Å². The average molecular weight is 270 g/mol. The molecule has 1 heteroatoms. The van der Waals surface area contributed by atoms with E-state index in [0.29, 0.717) is 0 Å². The molecule has 0 bridgehead atoms. The van der Waals surface area contributed by atoms with Gasteiger partial charge in [-0.15, -0.1) is 5.92 Å². The highest BCUT2D eigenvalue weighted by Crippen LogP contribution is 2.35. The molecule has 0 heterocycles. The second kappa shape index (κ2) is 6.46. The van der Waals surface area contributed by atoms with Gasteiger partial charge in [-0.25, -0.2) is 0 Å². The third-order valence-electron chi connectivity index (χ3n) is 4.61. The van der Waals surface area contributed by atoms with Crippen LogP contribution in [0.2, 0.25) is 0 Å². The van der Waals surface area contributed by atoms with Crippen LogP contribution in [0.1, 0.15) is 58.1 Å². The van der Waals surface area contributed by atoms with Crippen LogP contribution in [0.25, 0.3) is 0 Å². The van der Waals surface area contributed by atoms with Crippen molar-refractivity contribution < 1.29 is 5.11 Å². The fourth-order valence-electron chi connectivity index (χ4n) is 3.06. The molecule has 0 radical (unpaired) electrons. The highest BCUT2D eigenvalue weighted by atomic mass is 16.3. The lowest BCUT2D eigenvalue weighted by Crippen LogP contribution is -2.20. The van der Waals surface area contributed by atoms with Gasteiger partial charge in [-0.1, -0.05) is 56.0 Å². The predicted octanol–water partition coefficient (Wildman–Crippen LogP) is 4.58. The second-order valence-electron chi connectivity index (χ2n) is 6.71. The molecule has 3 atom stereocenters. The highest BCUT2D eigenvalue weighted by molar-refractivity contribution is 5.24. The van der Waals surface area contributed by atoms with Gasteiger partial charge in [0, 0.05) is 6.42 Å². The number of hydrogen-bond donors (Lipinski definition) is 1. The third kappa shape index (κ3) is 3.64. The topological polar surface area (TPSA) is 20.2 Å². The molecule has 0 aromatic heterocycles. The smallest absolute Gasteiger partial charge is 0.0950 e. The Labute approximate surface area is 123 Å². The number of hydrogen-bond acceptors (Lipinski definition) is 1. The Bertz CT molecular complexity index is 477. The summed E-state index contributed by atoms with van der Waals surface area (Å²) in [7, 11) is 0. The van der Waals surface area contributed by atoms with Crippen LogP contribution < -0.4 is 0 Å². The largest absolute Gasteiger partial charge is 0.387 e. The van der Waals surface area contributed by atoms with Crippen molar-refractivity contribution >= 4 is 0 Å². The average Bonchev–Trinajstić information content (AvgIpc) is 2.84. The van der Waals surface area contributed by atoms with Crippen LogP contribution in [-0.4, -0.2) is 5.11 Å². The van der Waals surface area contributed by atoms with Crippen molar-refractivity contribution in [3.63, 3.8) is 0 Å². The summed E-state index contributed by atoms with van der Waals surface area (Å²) in [6.07, 6.45) is 4.47. The Morgan fingerprint density at radius 2 is 1.95 bits per heavy atom. The van der Waals surface area contributed by atoms with E-state index in [1.807, 2.05) is 44.2 Å². The molecule has 1 unspecified atom stereocenters. The first-order valence-electron chi connectivity index (χ1n) is 7.74. The maximum atomic E-state index is 10.5. The molecule has 0 amide bonds. The monoisotopic (exact) mass is 270 g/mol. The highest BCUT2D eigenvalue weighted by Gasteiger charge is 2.27. The minimum Gasteiger partial charge on any atom is -0.387 e. The normalized spacial score (nSPS) is 24.0. The van der Waals surface area contributed by atoms with Gasteiger partial charge in [0.25, 0.3) is 0 Å². The van der Waals surface area contributed by atoms with Crippen LogP contribution in [0, 0.1) is 29.1 Å². The van der Waals surface area contributed by atoms with E-state index in [-0.39, 0.29) is 0 Å². The van der Waals surface area contributed by atoms with E-state index in [4.69, 9.17) is 0 Å². The van der Waals surface area contributed by atoms with Crippen molar-refractivity contribution in [3.05, 3.63) is 35.9 Å². The van der Waals surface area contributed by atoms with Crippen molar-refractivity contribution in [2.45, 2.75) is 52.6 Å². The third-order valence-corrected chi connectivity index (χ3v) is 4.61. The lowest BCUT2D eigenvalue weighted by Gasteiger charge is -2.25. The van der Waals surface area contributed by atoms with E-state index in [9.17, 15) is 5.11 Å². The van der Waals surface area contributed by atoms with Crippen LogP contribution >= 0.6 is 0 Å². The summed E-state index contributed by atoms with van der Waals surface area (Å²) in [6.45, 7) is 6.38.